The Bertz CT molecular complexity index is 1250. The lowest BCUT2D eigenvalue weighted by molar-refractivity contribution is 0.0985. The van der Waals surface area contributed by atoms with Gasteiger partial charge in [-0.25, -0.2) is 4.98 Å². The van der Waals surface area contributed by atoms with Gasteiger partial charge >= 0.3 is 0 Å². The van der Waals surface area contributed by atoms with E-state index in [1.807, 2.05) is 67.9 Å². The lowest BCUT2D eigenvalue weighted by Crippen LogP contribution is -2.34. The van der Waals surface area contributed by atoms with Crippen LogP contribution in [0.15, 0.2) is 46.9 Å². The first kappa shape index (κ1) is 21.0. The van der Waals surface area contributed by atoms with E-state index in [-0.39, 0.29) is 5.91 Å². The number of aromatic nitrogens is 3. The Hall–Kier alpha value is -2.22. The summed E-state index contributed by atoms with van der Waals surface area (Å²) >= 11 is 11.2. The van der Waals surface area contributed by atoms with Gasteiger partial charge in [0.1, 0.15) is 0 Å². The van der Waals surface area contributed by atoms with Crippen LogP contribution in [-0.2, 0) is 6.54 Å². The quantitative estimate of drug-likeness (QED) is 0.327. The minimum absolute atomic E-state index is 0.0966. The number of carbonyl (C=O) groups excluding carboxylic acids is 1. The largest absolute Gasteiger partial charge is 0.282 e. The SMILES string of the molecule is Cc1cc(C)n(CCN(C(=O)c2cccc(Br)c2)c2nc3c(C)c(Cl)ccc3s2)n1. The number of benzene rings is 2. The second-order valence-corrected chi connectivity index (χ2v) is 9.46. The average molecular weight is 504 g/mol. The number of anilines is 1. The summed E-state index contributed by atoms with van der Waals surface area (Å²) in [6.07, 6.45) is 0. The van der Waals surface area contributed by atoms with Gasteiger partial charge in [-0.05, 0) is 62.7 Å². The first-order valence-corrected chi connectivity index (χ1v) is 11.5. The monoisotopic (exact) mass is 502 g/mol. The highest BCUT2D eigenvalue weighted by molar-refractivity contribution is 9.10. The van der Waals surface area contributed by atoms with E-state index in [0.717, 1.165) is 31.6 Å². The van der Waals surface area contributed by atoms with Crippen molar-refractivity contribution in [2.75, 3.05) is 11.4 Å². The molecule has 0 fully saturated rings. The van der Waals surface area contributed by atoms with Crippen molar-refractivity contribution >= 4 is 60.1 Å². The highest BCUT2D eigenvalue weighted by Gasteiger charge is 2.22. The maximum absolute atomic E-state index is 13.5. The van der Waals surface area contributed by atoms with Crippen molar-refractivity contribution in [2.45, 2.75) is 27.3 Å². The highest BCUT2D eigenvalue weighted by Crippen LogP contribution is 2.34. The maximum atomic E-state index is 13.5. The third-order valence-corrected chi connectivity index (χ3v) is 6.87. The second kappa shape index (κ2) is 8.49. The lowest BCUT2D eigenvalue weighted by Gasteiger charge is -2.20. The van der Waals surface area contributed by atoms with Gasteiger partial charge in [-0.3, -0.25) is 14.4 Å². The van der Waals surface area contributed by atoms with E-state index < -0.39 is 0 Å². The fourth-order valence-corrected chi connectivity index (χ4v) is 4.96. The number of amides is 1. The molecule has 0 saturated carbocycles. The molecule has 0 aliphatic heterocycles. The number of hydrogen-bond donors (Lipinski definition) is 0. The molecule has 0 spiro atoms. The van der Waals surface area contributed by atoms with Crippen LogP contribution >= 0.6 is 38.9 Å². The van der Waals surface area contributed by atoms with Crippen molar-refractivity contribution in [3.05, 3.63) is 74.5 Å². The first-order valence-electron chi connectivity index (χ1n) is 9.47. The fraction of sp³-hybridized carbons (Fsp3) is 0.227. The minimum atomic E-state index is -0.0966. The Morgan fingerprint density at radius 1 is 1.20 bits per heavy atom. The number of thiazole rings is 1. The van der Waals surface area contributed by atoms with Gasteiger partial charge in [0.15, 0.2) is 5.13 Å². The smallest absolute Gasteiger partial charge is 0.260 e. The maximum Gasteiger partial charge on any atom is 0.260 e. The van der Waals surface area contributed by atoms with Crippen LogP contribution in [0.2, 0.25) is 5.02 Å². The molecule has 154 valence electrons. The topological polar surface area (TPSA) is 51.0 Å². The molecule has 0 aliphatic rings. The van der Waals surface area contributed by atoms with Crippen LogP contribution in [0.4, 0.5) is 5.13 Å². The summed E-state index contributed by atoms with van der Waals surface area (Å²) in [5.41, 5.74) is 4.38. The van der Waals surface area contributed by atoms with Crippen LogP contribution in [0.3, 0.4) is 0 Å². The van der Waals surface area contributed by atoms with E-state index >= 15 is 0 Å². The van der Waals surface area contributed by atoms with Crippen molar-refractivity contribution in [1.82, 2.24) is 14.8 Å². The predicted octanol–water partition coefficient (Wildman–Crippen LogP) is 6.18. The zero-order valence-electron chi connectivity index (χ0n) is 16.8. The Morgan fingerprint density at radius 3 is 2.70 bits per heavy atom. The predicted molar refractivity (Wildman–Crippen MR) is 127 cm³/mol. The average Bonchev–Trinajstić information content (AvgIpc) is 3.28. The van der Waals surface area contributed by atoms with Gasteiger partial charge in [0, 0.05) is 27.3 Å². The Morgan fingerprint density at radius 2 is 2.00 bits per heavy atom. The molecule has 2 heterocycles. The molecule has 8 heteroatoms. The van der Waals surface area contributed by atoms with Gasteiger partial charge in [0.25, 0.3) is 5.91 Å². The van der Waals surface area contributed by atoms with Crippen LogP contribution in [-0.4, -0.2) is 27.2 Å². The standard InChI is InChI=1S/C22H20BrClN4OS/c1-13-11-14(2)28(26-13)10-9-27(21(29)16-5-4-6-17(23)12-16)22-25-20-15(3)18(24)7-8-19(20)30-22/h4-8,11-12H,9-10H2,1-3H3. The van der Waals surface area contributed by atoms with Crippen molar-refractivity contribution in [3.8, 4) is 0 Å². The number of halogens is 2. The number of nitrogens with zero attached hydrogens (tertiary/aromatic N) is 4. The number of fused-ring (bicyclic) bond motifs is 1. The molecular formula is C22H20BrClN4OS. The minimum Gasteiger partial charge on any atom is -0.282 e. The number of hydrogen-bond acceptors (Lipinski definition) is 4. The highest BCUT2D eigenvalue weighted by atomic mass is 79.9. The van der Waals surface area contributed by atoms with Gasteiger partial charge < -0.3 is 0 Å². The van der Waals surface area contributed by atoms with Crippen LogP contribution in [0.5, 0.6) is 0 Å². The number of carbonyl (C=O) groups is 1. The summed E-state index contributed by atoms with van der Waals surface area (Å²) in [5.74, 6) is -0.0966. The van der Waals surface area contributed by atoms with Crippen molar-refractivity contribution in [2.24, 2.45) is 0 Å². The van der Waals surface area contributed by atoms with E-state index in [2.05, 4.69) is 21.0 Å². The van der Waals surface area contributed by atoms with Crippen LogP contribution in [0.1, 0.15) is 27.3 Å². The summed E-state index contributed by atoms with van der Waals surface area (Å²) < 4.78 is 3.79. The van der Waals surface area contributed by atoms with E-state index in [9.17, 15) is 4.79 Å². The molecule has 5 nitrogen and oxygen atoms in total. The lowest BCUT2D eigenvalue weighted by atomic mass is 10.2. The van der Waals surface area contributed by atoms with Gasteiger partial charge in [-0.2, -0.15) is 5.10 Å². The number of rotatable bonds is 5. The summed E-state index contributed by atoms with van der Waals surface area (Å²) in [4.78, 5) is 20.0. The molecule has 0 saturated heterocycles. The molecule has 0 atom stereocenters. The first-order chi connectivity index (χ1) is 14.3. The normalized spacial score (nSPS) is 11.2. The molecule has 0 aliphatic carbocycles. The zero-order chi connectivity index (χ0) is 21.4. The molecule has 2 aromatic heterocycles. The van der Waals surface area contributed by atoms with Crippen LogP contribution in [0, 0.1) is 20.8 Å². The van der Waals surface area contributed by atoms with Crippen molar-refractivity contribution < 1.29 is 4.79 Å². The van der Waals surface area contributed by atoms with Gasteiger partial charge in [-0.15, -0.1) is 0 Å². The number of aryl methyl sites for hydroxylation is 3. The summed E-state index contributed by atoms with van der Waals surface area (Å²) in [6, 6.07) is 13.3. The fourth-order valence-electron chi connectivity index (χ4n) is 3.36. The molecule has 2 aromatic carbocycles. The third-order valence-electron chi connectivity index (χ3n) is 4.92. The Kier molecular flexibility index (Phi) is 5.95. The van der Waals surface area contributed by atoms with E-state index in [1.165, 1.54) is 11.3 Å². The molecular weight excluding hydrogens is 484 g/mol. The molecule has 1 amide bonds. The van der Waals surface area contributed by atoms with Crippen molar-refractivity contribution in [1.29, 1.82) is 0 Å². The van der Waals surface area contributed by atoms with Gasteiger partial charge in [-0.1, -0.05) is 44.9 Å². The van der Waals surface area contributed by atoms with Crippen molar-refractivity contribution in [3.63, 3.8) is 0 Å². The van der Waals surface area contributed by atoms with Crippen LogP contribution < -0.4 is 4.90 Å². The zero-order valence-corrected chi connectivity index (χ0v) is 20.0. The van der Waals surface area contributed by atoms with E-state index in [1.54, 1.807) is 4.90 Å². The van der Waals surface area contributed by atoms with Gasteiger partial charge in [0.05, 0.1) is 22.5 Å². The molecule has 0 N–H and O–H groups in total. The second-order valence-electron chi connectivity index (χ2n) is 7.13. The van der Waals surface area contributed by atoms with Crippen LogP contribution in [0.25, 0.3) is 10.2 Å². The Balaban J connectivity index is 1.73. The summed E-state index contributed by atoms with van der Waals surface area (Å²) in [7, 11) is 0. The Labute approximate surface area is 192 Å². The molecule has 0 radical (unpaired) electrons. The summed E-state index contributed by atoms with van der Waals surface area (Å²) in [5, 5.41) is 5.85. The molecule has 0 bridgehead atoms. The molecule has 0 unspecified atom stereocenters. The molecule has 30 heavy (non-hydrogen) atoms. The summed E-state index contributed by atoms with van der Waals surface area (Å²) in [6.45, 7) is 6.97. The molecule has 4 rings (SSSR count). The van der Waals surface area contributed by atoms with Gasteiger partial charge in [0.2, 0.25) is 0 Å². The molecule has 4 aromatic rings. The van der Waals surface area contributed by atoms with E-state index in [0.29, 0.717) is 28.8 Å². The third kappa shape index (κ3) is 4.15. The van der Waals surface area contributed by atoms with E-state index in [4.69, 9.17) is 16.6 Å².